The van der Waals surface area contributed by atoms with Crippen LogP contribution >= 0.6 is 11.3 Å². The van der Waals surface area contributed by atoms with Crippen LogP contribution in [0.15, 0.2) is 6.20 Å². The molecule has 1 aromatic heterocycles. The van der Waals surface area contributed by atoms with Gasteiger partial charge >= 0.3 is 12.1 Å². The van der Waals surface area contributed by atoms with Crippen LogP contribution in [-0.2, 0) is 14.3 Å². The minimum absolute atomic E-state index is 0.0704. The van der Waals surface area contributed by atoms with Gasteiger partial charge in [0.25, 0.3) is 5.91 Å². The highest BCUT2D eigenvalue weighted by atomic mass is 32.1. The second kappa shape index (κ2) is 6.48. The number of esters is 1. The van der Waals surface area contributed by atoms with E-state index >= 15 is 0 Å². The maximum absolute atomic E-state index is 11.7. The molecule has 0 saturated heterocycles. The number of amides is 1. The third-order valence-corrected chi connectivity index (χ3v) is 2.53. The minimum Gasteiger partial charge on any atom is -0.465 e. The van der Waals surface area contributed by atoms with E-state index in [4.69, 9.17) is 0 Å². The van der Waals surface area contributed by atoms with Crippen molar-refractivity contribution in [2.24, 2.45) is 0 Å². The summed E-state index contributed by atoms with van der Waals surface area (Å²) in [5.74, 6) is -1.42. The van der Waals surface area contributed by atoms with Crippen LogP contribution in [0.25, 0.3) is 0 Å². The van der Waals surface area contributed by atoms with Crippen molar-refractivity contribution < 1.29 is 32.2 Å². The Hall–Kier alpha value is -1.68. The lowest BCUT2D eigenvalue weighted by Gasteiger charge is -2.06. The molecule has 106 valence electrons. The Bertz CT molecular complexity index is 461. The largest absolute Gasteiger partial charge is 0.465 e. The van der Waals surface area contributed by atoms with E-state index in [0.717, 1.165) is 11.3 Å². The number of carbonyl (C=O) groups excluding carboxylic acids is 2. The predicted molar refractivity (Wildman–Crippen MR) is 59.0 cm³/mol. The quantitative estimate of drug-likeness (QED) is 0.832. The van der Waals surface area contributed by atoms with Crippen molar-refractivity contribution in [2.45, 2.75) is 6.18 Å². The third-order valence-electron chi connectivity index (χ3n) is 1.64. The van der Waals surface area contributed by atoms with E-state index in [-0.39, 0.29) is 10.0 Å². The number of hydrogen-bond donors (Lipinski definition) is 1. The number of anilines is 1. The van der Waals surface area contributed by atoms with E-state index in [0.29, 0.717) is 0 Å². The van der Waals surface area contributed by atoms with Gasteiger partial charge in [-0.2, -0.15) is 13.2 Å². The van der Waals surface area contributed by atoms with Gasteiger partial charge < -0.3 is 9.47 Å². The molecule has 0 saturated carbocycles. The van der Waals surface area contributed by atoms with Crippen molar-refractivity contribution in [2.75, 3.05) is 25.6 Å². The molecule has 0 fully saturated rings. The van der Waals surface area contributed by atoms with Gasteiger partial charge in [0.15, 0.2) is 5.13 Å². The average molecular weight is 298 g/mol. The number of carbonyl (C=O) groups is 2. The fourth-order valence-electron chi connectivity index (χ4n) is 0.942. The first-order chi connectivity index (χ1) is 8.81. The van der Waals surface area contributed by atoms with Crippen LogP contribution in [0.1, 0.15) is 9.67 Å². The van der Waals surface area contributed by atoms with Gasteiger partial charge in [-0.1, -0.05) is 11.3 Å². The van der Waals surface area contributed by atoms with Gasteiger partial charge in [0.1, 0.15) is 18.1 Å². The van der Waals surface area contributed by atoms with Gasteiger partial charge in [-0.15, -0.1) is 0 Å². The number of thiazole rings is 1. The van der Waals surface area contributed by atoms with Crippen LogP contribution in [0, 0.1) is 0 Å². The Morgan fingerprint density at radius 3 is 2.74 bits per heavy atom. The topological polar surface area (TPSA) is 77.5 Å². The lowest BCUT2D eigenvalue weighted by atomic mass is 10.6. The Kier molecular flexibility index (Phi) is 5.24. The number of halogens is 3. The summed E-state index contributed by atoms with van der Waals surface area (Å²) < 4.78 is 43.8. The zero-order valence-corrected chi connectivity index (χ0v) is 10.4. The lowest BCUT2D eigenvalue weighted by Crippen LogP contribution is -2.23. The number of ether oxygens (including phenoxy) is 2. The zero-order chi connectivity index (χ0) is 14.5. The second-order valence-electron chi connectivity index (χ2n) is 3.18. The maximum Gasteiger partial charge on any atom is 0.411 e. The minimum atomic E-state index is -4.49. The van der Waals surface area contributed by atoms with E-state index in [9.17, 15) is 22.8 Å². The normalized spacial score (nSPS) is 11.2. The predicted octanol–water partition coefficient (Wildman–Crippen LogP) is 1.45. The van der Waals surface area contributed by atoms with Gasteiger partial charge in [-0.25, -0.2) is 9.78 Å². The highest BCUT2D eigenvalue weighted by molar-refractivity contribution is 7.17. The average Bonchev–Trinajstić information content (AvgIpc) is 2.74. The van der Waals surface area contributed by atoms with E-state index < -0.39 is 31.3 Å². The van der Waals surface area contributed by atoms with Gasteiger partial charge in [0.05, 0.1) is 13.3 Å². The first kappa shape index (κ1) is 15.4. The summed E-state index contributed by atoms with van der Waals surface area (Å²) in [5.41, 5.74) is 0. The van der Waals surface area contributed by atoms with E-state index in [1.54, 1.807) is 0 Å². The van der Waals surface area contributed by atoms with Crippen molar-refractivity contribution >= 4 is 28.3 Å². The number of hydrogen-bond acceptors (Lipinski definition) is 6. The maximum atomic E-state index is 11.7. The molecule has 0 aliphatic carbocycles. The standard InChI is InChI=1S/C9H9F3N2O4S/c1-17-7(16)5-2-13-8(19-5)14-6(15)3-18-4-9(10,11)12/h2H,3-4H2,1H3,(H,13,14,15). The number of rotatable bonds is 5. The summed E-state index contributed by atoms with van der Waals surface area (Å²) in [5, 5.41) is 2.27. The Morgan fingerprint density at radius 1 is 1.47 bits per heavy atom. The molecule has 0 unspecified atom stereocenters. The van der Waals surface area contributed by atoms with Gasteiger partial charge in [-0.05, 0) is 0 Å². The Labute approximate surface area is 109 Å². The van der Waals surface area contributed by atoms with E-state index in [1.165, 1.54) is 13.3 Å². The number of nitrogens with one attached hydrogen (secondary N) is 1. The van der Waals surface area contributed by atoms with Crippen LogP contribution in [0.2, 0.25) is 0 Å². The highest BCUT2D eigenvalue weighted by Crippen LogP contribution is 2.19. The van der Waals surface area contributed by atoms with Crippen molar-refractivity contribution in [3.05, 3.63) is 11.1 Å². The summed E-state index contributed by atoms with van der Waals surface area (Å²) in [6, 6.07) is 0. The molecule has 6 nitrogen and oxygen atoms in total. The molecule has 0 aliphatic rings. The van der Waals surface area contributed by atoms with E-state index in [2.05, 4.69) is 19.8 Å². The lowest BCUT2D eigenvalue weighted by molar-refractivity contribution is -0.174. The van der Waals surface area contributed by atoms with Gasteiger partial charge in [0.2, 0.25) is 0 Å². The molecule has 1 N–H and O–H groups in total. The van der Waals surface area contributed by atoms with Crippen LogP contribution in [0.3, 0.4) is 0 Å². The third kappa shape index (κ3) is 5.66. The molecule has 0 spiro atoms. The monoisotopic (exact) mass is 298 g/mol. The number of alkyl halides is 3. The fraction of sp³-hybridized carbons (Fsp3) is 0.444. The molecule has 1 aromatic rings. The molecule has 1 amide bonds. The summed E-state index contributed by atoms with van der Waals surface area (Å²) in [6.07, 6.45) is -3.30. The summed E-state index contributed by atoms with van der Waals surface area (Å²) in [6.45, 7) is -2.27. The number of nitrogens with zero attached hydrogens (tertiary/aromatic N) is 1. The SMILES string of the molecule is COC(=O)c1cnc(NC(=O)COCC(F)(F)F)s1. The molecule has 0 bridgehead atoms. The zero-order valence-electron chi connectivity index (χ0n) is 9.61. The summed E-state index contributed by atoms with van der Waals surface area (Å²) in [4.78, 5) is 26.1. The smallest absolute Gasteiger partial charge is 0.411 e. The molecule has 19 heavy (non-hydrogen) atoms. The van der Waals surface area contributed by atoms with Crippen LogP contribution in [0.4, 0.5) is 18.3 Å². The van der Waals surface area contributed by atoms with Crippen molar-refractivity contribution in [1.82, 2.24) is 4.98 Å². The fourth-order valence-corrected chi connectivity index (χ4v) is 1.69. The molecular weight excluding hydrogens is 289 g/mol. The first-order valence-corrected chi connectivity index (χ1v) is 5.62. The summed E-state index contributed by atoms with van der Waals surface area (Å²) in [7, 11) is 1.19. The van der Waals surface area contributed by atoms with Crippen LogP contribution in [0.5, 0.6) is 0 Å². The van der Waals surface area contributed by atoms with Gasteiger partial charge in [0, 0.05) is 0 Å². The number of aromatic nitrogens is 1. The highest BCUT2D eigenvalue weighted by Gasteiger charge is 2.27. The molecule has 1 heterocycles. The number of methoxy groups -OCH3 is 1. The molecule has 0 radical (unpaired) electrons. The molecular formula is C9H9F3N2O4S. The van der Waals surface area contributed by atoms with Crippen molar-refractivity contribution in [3.63, 3.8) is 0 Å². The van der Waals surface area contributed by atoms with Crippen molar-refractivity contribution in [1.29, 1.82) is 0 Å². The van der Waals surface area contributed by atoms with Crippen LogP contribution < -0.4 is 5.32 Å². The van der Waals surface area contributed by atoms with Gasteiger partial charge in [-0.3, -0.25) is 10.1 Å². The van der Waals surface area contributed by atoms with Crippen molar-refractivity contribution in [3.8, 4) is 0 Å². The second-order valence-corrected chi connectivity index (χ2v) is 4.21. The molecule has 10 heteroatoms. The first-order valence-electron chi connectivity index (χ1n) is 4.80. The molecule has 0 atom stereocenters. The Balaban J connectivity index is 2.40. The molecule has 1 rings (SSSR count). The van der Waals surface area contributed by atoms with E-state index in [1.807, 2.05) is 0 Å². The Morgan fingerprint density at radius 2 is 2.16 bits per heavy atom. The molecule has 0 aromatic carbocycles. The summed E-state index contributed by atoms with van der Waals surface area (Å²) >= 11 is 0.838. The molecule has 0 aliphatic heterocycles. The van der Waals surface area contributed by atoms with Crippen LogP contribution in [-0.4, -0.2) is 43.4 Å².